The van der Waals surface area contributed by atoms with E-state index in [-0.39, 0.29) is 5.75 Å². The summed E-state index contributed by atoms with van der Waals surface area (Å²) in [5.41, 5.74) is 7.56. The van der Waals surface area contributed by atoms with Crippen LogP contribution in [0.15, 0.2) is 22.6 Å². The Labute approximate surface area is 105 Å². The summed E-state index contributed by atoms with van der Waals surface area (Å²) in [4.78, 5) is 5.92. The number of anilines is 2. The molecule has 0 aliphatic heterocycles. The number of aromatic nitrogens is 1. The minimum atomic E-state index is -3.00. The Morgan fingerprint density at radius 2 is 2.17 bits per heavy atom. The van der Waals surface area contributed by atoms with Gasteiger partial charge < -0.3 is 15.1 Å². The quantitative estimate of drug-likeness (QED) is 0.829. The molecule has 0 aliphatic rings. The average molecular weight is 269 g/mol. The Morgan fingerprint density at radius 1 is 1.44 bits per heavy atom. The number of nitrogen functional groups attached to an aromatic ring is 1. The van der Waals surface area contributed by atoms with E-state index in [4.69, 9.17) is 10.2 Å². The minimum Gasteiger partial charge on any atom is -0.423 e. The van der Waals surface area contributed by atoms with Crippen molar-refractivity contribution in [2.75, 3.05) is 36.2 Å². The monoisotopic (exact) mass is 269 g/mol. The number of nitrogens with two attached hydrogens (primary N) is 1. The molecule has 6 nitrogen and oxygen atoms in total. The summed E-state index contributed by atoms with van der Waals surface area (Å²) in [6.45, 7) is 0.334. The zero-order valence-electron chi connectivity index (χ0n) is 10.3. The molecule has 98 valence electrons. The normalized spacial score (nSPS) is 11.9. The molecule has 18 heavy (non-hydrogen) atoms. The molecule has 0 saturated carbocycles. The molecule has 1 heterocycles. The van der Waals surface area contributed by atoms with Crippen molar-refractivity contribution in [2.45, 2.75) is 0 Å². The maximum absolute atomic E-state index is 11.1. The molecule has 0 amide bonds. The van der Waals surface area contributed by atoms with Crippen molar-refractivity contribution in [1.82, 2.24) is 4.98 Å². The van der Waals surface area contributed by atoms with E-state index in [0.717, 1.165) is 0 Å². The second-order valence-corrected chi connectivity index (χ2v) is 6.53. The number of fused-ring (bicyclic) bond motifs is 1. The molecule has 0 unspecified atom stereocenters. The smallest absolute Gasteiger partial charge is 0.298 e. The van der Waals surface area contributed by atoms with Crippen LogP contribution < -0.4 is 10.6 Å². The molecule has 1 aromatic heterocycles. The summed E-state index contributed by atoms with van der Waals surface area (Å²) in [6.07, 6.45) is 1.20. The van der Waals surface area contributed by atoms with Gasteiger partial charge >= 0.3 is 0 Å². The summed E-state index contributed by atoms with van der Waals surface area (Å²) >= 11 is 0. The number of nitrogens with zero attached hydrogens (tertiary/aromatic N) is 2. The Balaban J connectivity index is 2.20. The van der Waals surface area contributed by atoms with E-state index in [2.05, 4.69) is 4.98 Å². The first kappa shape index (κ1) is 12.7. The highest BCUT2D eigenvalue weighted by Crippen LogP contribution is 2.22. The molecule has 0 spiro atoms. The van der Waals surface area contributed by atoms with Crippen LogP contribution in [0.25, 0.3) is 11.1 Å². The molecule has 2 N–H and O–H groups in total. The zero-order chi connectivity index (χ0) is 13.3. The van der Waals surface area contributed by atoms with E-state index in [9.17, 15) is 8.42 Å². The lowest BCUT2D eigenvalue weighted by Gasteiger charge is -2.12. The standard InChI is InChI=1S/C11H15N3O3S/c1-14(5-6-18(2,15)16)11-13-9-7-8(12)3-4-10(9)17-11/h3-4,7H,5-6,12H2,1-2H3. The first-order chi connectivity index (χ1) is 8.35. The lowest BCUT2D eigenvalue weighted by Crippen LogP contribution is -2.24. The number of oxazole rings is 1. The second kappa shape index (κ2) is 4.49. The van der Waals surface area contributed by atoms with Crippen LogP contribution in [0, 0.1) is 0 Å². The van der Waals surface area contributed by atoms with Gasteiger partial charge in [0.05, 0.1) is 5.75 Å². The van der Waals surface area contributed by atoms with Crippen LogP contribution in [0.1, 0.15) is 0 Å². The number of hydrogen-bond acceptors (Lipinski definition) is 6. The highest BCUT2D eigenvalue weighted by molar-refractivity contribution is 7.90. The second-order valence-electron chi connectivity index (χ2n) is 4.28. The Morgan fingerprint density at radius 3 is 2.83 bits per heavy atom. The lowest BCUT2D eigenvalue weighted by atomic mass is 10.3. The van der Waals surface area contributed by atoms with Crippen LogP contribution in [-0.4, -0.2) is 39.0 Å². The van der Waals surface area contributed by atoms with Gasteiger partial charge in [0.2, 0.25) is 0 Å². The van der Waals surface area contributed by atoms with Gasteiger partial charge in [0.15, 0.2) is 5.58 Å². The van der Waals surface area contributed by atoms with Crippen molar-refractivity contribution in [2.24, 2.45) is 0 Å². The molecule has 0 aliphatic carbocycles. The molecule has 0 atom stereocenters. The van der Waals surface area contributed by atoms with E-state index < -0.39 is 9.84 Å². The average Bonchev–Trinajstić information content (AvgIpc) is 2.67. The van der Waals surface area contributed by atoms with Crippen LogP contribution in [0.3, 0.4) is 0 Å². The molecule has 2 aromatic rings. The van der Waals surface area contributed by atoms with Gasteiger partial charge in [0.25, 0.3) is 6.01 Å². The van der Waals surface area contributed by atoms with Crippen LogP contribution in [0.4, 0.5) is 11.7 Å². The number of sulfone groups is 1. The fourth-order valence-electron chi connectivity index (χ4n) is 1.49. The number of rotatable bonds is 4. The predicted molar refractivity (Wildman–Crippen MR) is 71.4 cm³/mol. The SMILES string of the molecule is CN(CCS(C)(=O)=O)c1nc2cc(N)ccc2o1. The minimum absolute atomic E-state index is 0.0599. The van der Waals surface area contributed by atoms with Crippen molar-refractivity contribution in [3.8, 4) is 0 Å². The summed E-state index contributed by atoms with van der Waals surface area (Å²) in [6, 6.07) is 5.57. The van der Waals surface area contributed by atoms with Crippen molar-refractivity contribution in [3.63, 3.8) is 0 Å². The molecule has 0 radical (unpaired) electrons. The highest BCUT2D eigenvalue weighted by atomic mass is 32.2. The van der Waals surface area contributed by atoms with Gasteiger partial charge in [-0.25, -0.2) is 8.42 Å². The fraction of sp³-hybridized carbons (Fsp3) is 0.364. The fourth-order valence-corrected chi connectivity index (χ4v) is 2.10. The lowest BCUT2D eigenvalue weighted by molar-refractivity contribution is 0.582. The first-order valence-corrected chi connectivity index (χ1v) is 7.46. The molecule has 0 bridgehead atoms. The van der Waals surface area contributed by atoms with E-state index >= 15 is 0 Å². The van der Waals surface area contributed by atoms with Crippen molar-refractivity contribution in [3.05, 3.63) is 18.2 Å². The predicted octanol–water partition coefficient (Wildman–Crippen LogP) is 0.891. The first-order valence-electron chi connectivity index (χ1n) is 5.40. The zero-order valence-corrected chi connectivity index (χ0v) is 11.1. The molecule has 0 saturated heterocycles. The van der Waals surface area contributed by atoms with Crippen LogP contribution in [-0.2, 0) is 9.84 Å². The van der Waals surface area contributed by atoms with Crippen molar-refractivity contribution in [1.29, 1.82) is 0 Å². The molecule has 2 rings (SSSR count). The third-order valence-corrected chi connectivity index (χ3v) is 3.45. The van der Waals surface area contributed by atoms with E-state index in [1.165, 1.54) is 6.26 Å². The topological polar surface area (TPSA) is 89.4 Å². The third kappa shape index (κ3) is 2.92. The Hall–Kier alpha value is -1.76. The van der Waals surface area contributed by atoms with Gasteiger partial charge in [-0.05, 0) is 18.2 Å². The molecular formula is C11H15N3O3S. The summed E-state index contributed by atoms with van der Waals surface area (Å²) in [7, 11) is -1.26. The van der Waals surface area contributed by atoms with Crippen molar-refractivity contribution < 1.29 is 12.8 Å². The molecule has 1 aromatic carbocycles. The summed E-state index contributed by atoms with van der Waals surface area (Å²) in [5, 5.41) is 0. The molecular weight excluding hydrogens is 254 g/mol. The maximum atomic E-state index is 11.1. The van der Waals surface area contributed by atoms with Crippen molar-refractivity contribution >= 4 is 32.6 Å². The van der Waals surface area contributed by atoms with Crippen LogP contribution in [0.2, 0.25) is 0 Å². The van der Waals surface area contributed by atoms with Gasteiger partial charge in [-0.1, -0.05) is 0 Å². The summed E-state index contributed by atoms with van der Waals surface area (Å²) < 4.78 is 27.7. The van der Waals surface area contributed by atoms with Crippen LogP contribution in [0.5, 0.6) is 0 Å². The van der Waals surface area contributed by atoms with Gasteiger partial charge in [0.1, 0.15) is 15.4 Å². The van der Waals surface area contributed by atoms with Gasteiger partial charge in [0, 0.05) is 25.5 Å². The Bertz CT molecular complexity index is 663. The third-order valence-electron chi connectivity index (χ3n) is 2.52. The van der Waals surface area contributed by atoms with Gasteiger partial charge in [-0.15, -0.1) is 0 Å². The Kier molecular flexibility index (Phi) is 3.16. The van der Waals surface area contributed by atoms with Gasteiger partial charge in [-0.3, -0.25) is 0 Å². The molecule has 0 fully saturated rings. The number of benzene rings is 1. The van der Waals surface area contributed by atoms with E-state index in [1.807, 2.05) is 0 Å². The number of hydrogen-bond donors (Lipinski definition) is 1. The van der Waals surface area contributed by atoms with E-state index in [1.54, 1.807) is 30.1 Å². The summed E-state index contributed by atoms with van der Waals surface area (Å²) in [5.74, 6) is 0.0599. The van der Waals surface area contributed by atoms with E-state index in [0.29, 0.717) is 29.3 Å². The molecule has 7 heteroatoms. The van der Waals surface area contributed by atoms with Gasteiger partial charge in [-0.2, -0.15) is 4.98 Å². The van der Waals surface area contributed by atoms with Crippen LogP contribution >= 0.6 is 0 Å². The largest absolute Gasteiger partial charge is 0.423 e. The maximum Gasteiger partial charge on any atom is 0.298 e. The highest BCUT2D eigenvalue weighted by Gasteiger charge is 2.12.